The molecule has 0 aliphatic heterocycles. The van der Waals surface area contributed by atoms with E-state index in [9.17, 15) is 5.11 Å². The summed E-state index contributed by atoms with van der Waals surface area (Å²) in [6.45, 7) is 0. The monoisotopic (exact) mass is 216 g/mol. The zero-order valence-electron chi connectivity index (χ0n) is 9.73. The Bertz CT molecular complexity index is 359. The number of aliphatic hydroxyl groups is 1. The lowest BCUT2D eigenvalue weighted by atomic mass is 9.57. The largest absolute Gasteiger partial charge is 0.385 e. The van der Waals surface area contributed by atoms with E-state index in [0.717, 1.165) is 17.9 Å². The third kappa shape index (κ3) is 1.49. The molecule has 2 saturated carbocycles. The summed E-state index contributed by atoms with van der Waals surface area (Å²) < 4.78 is 0. The highest BCUT2D eigenvalue weighted by molar-refractivity contribution is 5.27. The second-order valence-electron chi connectivity index (χ2n) is 5.50. The van der Waals surface area contributed by atoms with E-state index in [1.54, 1.807) is 0 Å². The van der Waals surface area contributed by atoms with Gasteiger partial charge in [0.2, 0.25) is 0 Å². The summed E-state index contributed by atoms with van der Waals surface area (Å²) in [5.74, 6) is 1.31. The van der Waals surface area contributed by atoms with E-state index < -0.39 is 5.60 Å². The fraction of sp³-hybridized carbons (Fsp3) is 0.600. The van der Waals surface area contributed by atoms with Crippen molar-refractivity contribution >= 4 is 0 Å². The molecule has 1 aromatic carbocycles. The van der Waals surface area contributed by atoms with Gasteiger partial charge in [0.05, 0.1) is 5.60 Å². The fourth-order valence-electron chi connectivity index (χ4n) is 3.71. The zero-order valence-corrected chi connectivity index (χ0v) is 9.73. The molecule has 16 heavy (non-hydrogen) atoms. The summed E-state index contributed by atoms with van der Waals surface area (Å²) in [7, 11) is 0. The van der Waals surface area contributed by atoms with Crippen molar-refractivity contribution in [2.24, 2.45) is 11.8 Å². The molecule has 0 bridgehead atoms. The van der Waals surface area contributed by atoms with Gasteiger partial charge in [-0.25, -0.2) is 0 Å². The highest BCUT2D eigenvalue weighted by atomic mass is 16.3. The molecule has 3 rings (SSSR count). The Balaban J connectivity index is 1.85. The minimum absolute atomic E-state index is 0.504. The summed E-state index contributed by atoms with van der Waals surface area (Å²) in [5, 5.41) is 10.8. The van der Waals surface area contributed by atoms with E-state index in [1.807, 2.05) is 18.2 Å². The van der Waals surface area contributed by atoms with Gasteiger partial charge < -0.3 is 5.11 Å². The van der Waals surface area contributed by atoms with Crippen LogP contribution >= 0.6 is 0 Å². The molecular formula is C15H20O. The van der Waals surface area contributed by atoms with Gasteiger partial charge in [-0.2, -0.15) is 0 Å². The maximum atomic E-state index is 10.8. The van der Waals surface area contributed by atoms with Gasteiger partial charge in [-0.15, -0.1) is 0 Å². The van der Waals surface area contributed by atoms with Crippen molar-refractivity contribution in [3.63, 3.8) is 0 Å². The molecule has 1 aromatic rings. The van der Waals surface area contributed by atoms with Crippen LogP contribution in [0.25, 0.3) is 0 Å². The van der Waals surface area contributed by atoms with Crippen LogP contribution in [0.2, 0.25) is 0 Å². The lowest BCUT2D eigenvalue weighted by molar-refractivity contribution is -0.148. The average Bonchev–Trinajstić information content (AvgIpc) is 2.51. The second-order valence-corrected chi connectivity index (χ2v) is 5.50. The van der Waals surface area contributed by atoms with Crippen LogP contribution < -0.4 is 0 Å². The number of rotatable bonds is 1. The molecule has 1 unspecified atom stereocenters. The number of fused-ring (bicyclic) bond motifs is 1. The lowest BCUT2D eigenvalue weighted by Crippen LogP contribution is -2.50. The van der Waals surface area contributed by atoms with Gasteiger partial charge in [0, 0.05) is 0 Å². The number of hydrogen-bond acceptors (Lipinski definition) is 1. The average molecular weight is 216 g/mol. The third-order valence-corrected chi connectivity index (χ3v) is 4.62. The quantitative estimate of drug-likeness (QED) is 0.762. The molecule has 0 heterocycles. The molecule has 1 nitrogen and oxygen atoms in total. The molecule has 0 saturated heterocycles. The number of hydrogen-bond donors (Lipinski definition) is 1. The van der Waals surface area contributed by atoms with E-state index in [-0.39, 0.29) is 0 Å². The van der Waals surface area contributed by atoms with E-state index >= 15 is 0 Å². The van der Waals surface area contributed by atoms with E-state index in [2.05, 4.69) is 12.1 Å². The highest BCUT2D eigenvalue weighted by Gasteiger charge is 2.52. The molecule has 0 radical (unpaired) electrons. The van der Waals surface area contributed by atoms with Gasteiger partial charge in [0.15, 0.2) is 0 Å². The molecule has 3 atom stereocenters. The van der Waals surface area contributed by atoms with Crippen LogP contribution in [0.3, 0.4) is 0 Å². The molecule has 1 N–H and O–H groups in total. The van der Waals surface area contributed by atoms with E-state index in [0.29, 0.717) is 5.92 Å². The zero-order chi connectivity index (χ0) is 11.0. The van der Waals surface area contributed by atoms with Crippen molar-refractivity contribution in [3.05, 3.63) is 35.9 Å². The topological polar surface area (TPSA) is 20.2 Å². The molecule has 0 spiro atoms. The Labute approximate surface area is 97.5 Å². The van der Waals surface area contributed by atoms with Gasteiger partial charge in [-0.05, 0) is 36.7 Å². The first-order valence-corrected chi connectivity index (χ1v) is 6.58. The summed E-state index contributed by atoms with van der Waals surface area (Å²) in [6, 6.07) is 10.3. The predicted molar refractivity (Wildman–Crippen MR) is 65.0 cm³/mol. The molecule has 2 aliphatic carbocycles. The standard InChI is InChI=1S/C15H20O/c16-15(13-8-4-2-5-9-13)11-12-7-3-1-6-10-14(12)15/h2,4-5,8-9,12,14,16H,1,3,6-7,10-11H2/t12-,14-,15?/m0/s1. The third-order valence-electron chi connectivity index (χ3n) is 4.62. The van der Waals surface area contributed by atoms with Crippen molar-refractivity contribution in [2.45, 2.75) is 44.1 Å². The Hall–Kier alpha value is -0.820. The van der Waals surface area contributed by atoms with Crippen LogP contribution in [-0.2, 0) is 5.60 Å². The number of benzene rings is 1. The van der Waals surface area contributed by atoms with Crippen molar-refractivity contribution < 1.29 is 5.11 Å². The predicted octanol–water partition coefficient (Wildman–Crippen LogP) is 3.47. The van der Waals surface area contributed by atoms with Crippen molar-refractivity contribution in [1.82, 2.24) is 0 Å². The summed E-state index contributed by atoms with van der Waals surface area (Å²) >= 11 is 0. The van der Waals surface area contributed by atoms with Crippen LogP contribution in [0.5, 0.6) is 0 Å². The molecular weight excluding hydrogens is 196 g/mol. The molecule has 0 aromatic heterocycles. The van der Waals surface area contributed by atoms with Crippen LogP contribution in [0.15, 0.2) is 30.3 Å². The smallest absolute Gasteiger partial charge is 0.0930 e. The van der Waals surface area contributed by atoms with Crippen LogP contribution in [-0.4, -0.2) is 5.11 Å². The molecule has 86 valence electrons. The van der Waals surface area contributed by atoms with Gasteiger partial charge in [-0.1, -0.05) is 49.6 Å². The molecule has 2 fully saturated rings. The lowest BCUT2D eigenvalue weighted by Gasteiger charge is -2.52. The minimum Gasteiger partial charge on any atom is -0.385 e. The first kappa shape index (κ1) is 10.3. The van der Waals surface area contributed by atoms with Crippen molar-refractivity contribution in [3.8, 4) is 0 Å². The minimum atomic E-state index is -0.504. The van der Waals surface area contributed by atoms with Crippen LogP contribution in [0.1, 0.15) is 44.1 Å². The summed E-state index contributed by atoms with van der Waals surface area (Å²) in [4.78, 5) is 0. The van der Waals surface area contributed by atoms with Gasteiger partial charge in [-0.3, -0.25) is 0 Å². The summed E-state index contributed by atoms with van der Waals surface area (Å²) in [5.41, 5.74) is 0.633. The maximum Gasteiger partial charge on any atom is 0.0930 e. The Morgan fingerprint density at radius 2 is 1.75 bits per heavy atom. The molecule has 2 aliphatic rings. The first-order chi connectivity index (χ1) is 7.81. The van der Waals surface area contributed by atoms with E-state index in [1.165, 1.54) is 32.1 Å². The Morgan fingerprint density at radius 1 is 1.00 bits per heavy atom. The van der Waals surface area contributed by atoms with Gasteiger partial charge in [0.1, 0.15) is 0 Å². The van der Waals surface area contributed by atoms with Crippen LogP contribution in [0.4, 0.5) is 0 Å². The van der Waals surface area contributed by atoms with Crippen LogP contribution in [0, 0.1) is 11.8 Å². The van der Waals surface area contributed by atoms with Gasteiger partial charge >= 0.3 is 0 Å². The highest BCUT2D eigenvalue weighted by Crippen LogP contribution is 2.55. The molecule has 1 heteroatoms. The van der Waals surface area contributed by atoms with Crippen molar-refractivity contribution in [2.75, 3.05) is 0 Å². The van der Waals surface area contributed by atoms with Crippen molar-refractivity contribution in [1.29, 1.82) is 0 Å². The second kappa shape index (κ2) is 3.89. The molecule has 0 amide bonds. The first-order valence-electron chi connectivity index (χ1n) is 6.58. The SMILES string of the molecule is OC1(c2ccccc2)C[C@@H]2CCCCC[C@@H]21. The van der Waals surface area contributed by atoms with E-state index in [4.69, 9.17) is 0 Å². The normalized spacial score (nSPS) is 38.3. The Morgan fingerprint density at radius 3 is 2.56 bits per heavy atom. The Kier molecular flexibility index (Phi) is 2.51. The van der Waals surface area contributed by atoms with Gasteiger partial charge in [0.25, 0.3) is 0 Å². The fourth-order valence-corrected chi connectivity index (χ4v) is 3.71. The maximum absolute atomic E-state index is 10.8. The summed E-state index contributed by atoms with van der Waals surface area (Å²) in [6.07, 6.45) is 7.57.